The molecule has 6 heteroatoms. The number of aromatic nitrogens is 1. The van der Waals surface area contributed by atoms with E-state index in [0.717, 1.165) is 5.39 Å². The van der Waals surface area contributed by atoms with E-state index in [0.29, 0.717) is 23.5 Å². The average molecular weight is 316 g/mol. The maximum atomic E-state index is 12.7. The van der Waals surface area contributed by atoms with Crippen molar-refractivity contribution in [1.29, 1.82) is 0 Å². The predicted molar refractivity (Wildman–Crippen MR) is 86.1 cm³/mol. The van der Waals surface area contributed by atoms with Crippen LogP contribution in [-0.2, 0) is 15.8 Å². The Morgan fingerprint density at radius 1 is 1.05 bits per heavy atom. The van der Waals surface area contributed by atoms with E-state index in [-0.39, 0.29) is 5.75 Å². The molecule has 22 heavy (non-hydrogen) atoms. The molecule has 1 heterocycles. The van der Waals surface area contributed by atoms with Gasteiger partial charge in [0.2, 0.25) is 10.0 Å². The Bertz CT molecular complexity index is 873. The summed E-state index contributed by atoms with van der Waals surface area (Å²) in [4.78, 5) is 0. The van der Waals surface area contributed by atoms with Crippen molar-refractivity contribution in [3.63, 3.8) is 0 Å². The molecule has 0 aliphatic carbocycles. The monoisotopic (exact) mass is 316 g/mol. The van der Waals surface area contributed by atoms with Crippen molar-refractivity contribution >= 4 is 26.7 Å². The van der Waals surface area contributed by atoms with Crippen LogP contribution in [0, 0.1) is 0 Å². The van der Waals surface area contributed by atoms with E-state index in [9.17, 15) is 8.42 Å². The van der Waals surface area contributed by atoms with Gasteiger partial charge in [-0.2, -0.15) is 0 Å². The molecule has 3 aromatic rings. The van der Waals surface area contributed by atoms with Gasteiger partial charge in [-0.15, -0.1) is 0 Å². The molecule has 5 nitrogen and oxygen atoms in total. The van der Waals surface area contributed by atoms with Gasteiger partial charge in [0.1, 0.15) is 11.4 Å². The first-order valence-corrected chi connectivity index (χ1v) is 8.61. The van der Waals surface area contributed by atoms with Crippen LogP contribution in [0.15, 0.2) is 59.1 Å². The molecule has 114 valence electrons. The van der Waals surface area contributed by atoms with Crippen LogP contribution >= 0.6 is 0 Å². The topological polar surface area (TPSA) is 63.4 Å². The average Bonchev–Trinajstić information content (AvgIpc) is 2.91. The number of hydrogen-bond donors (Lipinski definition) is 0. The van der Waals surface area contributed by atoms with Gasteiger partial charge in [0.15, 0.2) is 5.58 Å². The minimum Gasteiger partial charge on any atom is -0.356 e. The fourth-order valence-electron chi connectivity index (χ4n) is 2.43. The van der Waals surface area contributed by atoms with Gasteiger partial charge in [-0.1, -0.05) is 35.5 Å². The van der Waals surface area contributed by atoms with Gasteiger partial charge < -0.3 is 4.52 Å². The van der Waals surface area contributed by atoms with Crippen molar-refractivity contribution in [2.75, 3.05) is 10.8 Å². The zero-order valence-corrected chi connectivity index (χ0v) is 13.0. The minimum atomic E-state index is -3.53. The van der Waals surface area contributed by atoms with Crippen LogP contribution in [0.4, 0.5) is 5.69 Å². The lowest BCUT2D eigenvalue weighted by molar-refractivity contribution is 0.448. The van der Waals surface area contributed by atoms with E-state index in [2.05, 4.69) is 5.16 Å². The molecule has 1 aromatic heterocycles. The molecule has 0 unspecified atom stereocenters. The second-order valence-corrected chi connectivity index (χ2v) is 6.78. The standard InChI is InChI=1S/C16H16N2O3S/c1-2-18(13-8-4-3-5-9-13)22(19,20)12-15-14-10-6-7-11-16(14)21-17-15/h3-11H,2,12H2,1H3. The van der Waals surface area contributed by atoms with Gasteiger partial charge in [0.25, 0.3) is 0 Å². The highest BCUT2D eigenvalue weighted by molar-refractivity contribution is 7.92. The molecule has 0 saturated carbocycles. The van der Waals surface area contributed by atoms with E-state index >= 15 is 0 Å². The van der Waals surface area contributed by atoms with Crippen molar-refractivity contribution in [3.8, 4) is 0 Å². The van der Waals surface area contributed by atoms with E-state index < -0.39 is 10.0 Å². The molecule has 0 N–H and O–H groups in total. The Kier molecular flexibility index (Phi) is 3.85. The van der Waals surface area contributed by atoms with Gasteiger partial charge in [-0.25, -0.2) is 8.42 Å². The summed E-state index contributed by atoms with van der Waals surface area (Å²) in [5.74, 6) is -0.188. The molecule has 0 saturated heterocycles. The highest BCUT2D eigenvalue weighted by Gasteiger charge is 2.24. The molecule has 2 aromatic carbocycles. The maximum Gasteiger partial charge on any atom is 0.241 e. The number of para-hydroxylation sites is 2. The molecular weight excluding hydrogens is 300 g/mol. The molecule has 0 aliphatic rings. The second-order valence-electron chi connectivity index (χ2n) is 4.88. The van der Waals surface area contributed by atoms with Crippen molar-refractivity contribution in [2.45, 2.75) is 12.7 Å². The van der Waals surface area contributed by atoms with Crippen LogP contribution in [0.1, 0.15) is 12.6 Å². The molecule has 0 aliphatic heterocycles. The smallest absolute Gasteiger partial charge is 0.241 e. The van der Waals surface area contributed by atoms with Gasteiger partial charge in [-0.05, 0) is 31.2 Å². The number of sulfonamides is 1. The van der Waals surface area contributed by atoms with Crippen LogP contribution in [0.2, 0.25) is 0 Å². The van der Waals surface area contributed by atoms with E-state index in [1.165, 1.54) is 4.31 Å². The van der Waals surface area contributed by atoms with Gasteiger partial charge in [-0.3, -0.25) is 4.31 Å². The molecule has 0 spiro atoms. The minimum absolute atomic E-state index is 0.188. The van der Waals surface area contributed by atoms with Crippen molar-refractivity contribution in [2.24, 2.45) is 0 Å². The quantitative estimate of drug-likeness (QED) is 0.725. The molecule has 0 radical (unpaired) electrons. The SMILES string of the molecule is CCN(c1ccccc1)S(=O)(=O)Cc1noc2ccccc12. The third-order valence-electron chi connectivity index (χ3n) is 3.44. The summed E-state index contributed by atoms with van der Waals surface area (Å²) in [5.41, 5.74) is 1.68. The first-order chi connectivity index (χ1) is 10.6. The molecule has 0 amide bonds. The number of benzene rings is 2. The van der Waals surface area contributed by atoms with Crippen LogP contribution in [-0.4, -0.2) is 20.1 Å². The van der Waals surface area contributed by atoms with Gasteiger partial charge in [0.05, 0.1) is 5.69 Å². The Hall–Kier alpha value is -2.34. The first kappa shape index (κ1) is 14.6. The summed E-state index contributed by atoms with van der Waals surface area (Å²) in [5, 5.41) is 4.64. The first-order valence-electron chi connectivity index (χ1n) is 7.00. The van der Waals surface area contributed by atoms with Gasteiger partial charge in [0, 0.05) is 11.9 Å². The summed E-state index contributed by atoms with van der Waals surface area (Å²) in [6.07, 6.45) is 0. The normalized spacial score (nSPS) is 11.7. The van der Waals surface area contributed by atoms with Crippen LogP contribution in [0.5, 0.6) is 0 Å². The van der Waals surface area contributed by atoms with Crippen molar-refractivity contribution in [1.82, 2.24) is 5.16 Å². The zero-order valence-electron chi connectivity index (χ0n) is 12.1. The predicted octanol–water partition coefficient (Wildman–Crippen LogP) is 3.18. The number of hydrogen-bond acceptors (Lipinski definition) is 4. The summed E-state index contributed by atoms with van der Waals surface area (Å²) in [6, 6.07) is 16.3. The number of nitrogens with zero attached hydrogens (tertiary/aromatic N) is 2. The van der Waals surface area contributed by atoms with E-state index in [1.807, 2.05) is 43.3 Å². The lowest BCUT2D eigenvalue weighted by Gasteiger charge is -2.22. The lowest BCUT2D eigenvalue weighted by Crippen LogP contribution is -2.31. The number of anilines is 1. The van der Waals surface area contributed by atoms with Gasteiger partial charge >= 0.3 is 0 Å². The van der Waals surface area contributed by atoms with E-state index in [4.69, 9.17) is 4.52 Å². The Morgan fingerprint density at radius 2 is 1.73 bits per heavy atom. The Morgan fingerprint density at radius 3 is 2.45 bits per heavy atom. The summed E-state index contributed by atoms with van der Waals surface area (Å²) >= 11 is 0. The van der Waals surface area contributed by atoms with Crippen LogP contribution < -0.4 is 4.31 Å². The second kappa shape index (κ2) is 5.81. The number of fused-ring (bicyclic) bond motifs is 1. The third-order valence-corrected chi connectivity index (χ3v) is 5.22. The fraction of sp³-hybridized carbons (Fsp3) is 0.188. The molecule has 0 bridgehead atoms. The highest BCUT2D eigenvalue weighted by atomic mass is 32.2. The third kappa shape index (κ3) is 2.69. The van der Waals surface area contributed by atoms with E-state index in [1.54, 1.807) is 18.2 Å². The summed E-state index contributed by atoms with van der Waals surface area (Å²) < 4.78 is 32.0. The Labute approximate surface area is 129 Å². The Balaban J connectivity index is 1.96. The zero-order chi connectivity index (χ0) is 15.6. The largest absolute Gasteiger partial charge is 0.356 e. The lowest BCUT2D eigenvalue weighted by atomic mass is 10.2. The molecular formula is C16H16N2O3S. The molecule has 0 atom stereocenters. The van der Waals surface area contributed by atoms with Crippen LogP contribution in [0.3, 0.4) is 0 Å². The van der Waals surface area contributed by atoms with Crippen molar-refractivity contribution < 1.29 is 12.9 Å². The van der Waals surface area contributed by atoms with Crippen LogP contribution in [0.25, 0.3) is 11.0 Å². The maximum absolute atomic E-state index is 12.7. The summed E-state index contributed by atoms with van der Waals surface area (Å²) in [7, 11) is -3.53. The fourth-order valence-corrected chi connectivity index (χ4v) is 3.97. The molecule has 0 fully saturated rings. The highest BCUT2D eigenvalue weighted by Crippen LogP contribution is 2.24. The molecule has 3 rings (SSSR count). The number of rotatable bonds is 5. The van der Waals surface area contributed by atoms with Crippen molar-refractivity contribution in [3.05, 3.63) is 60.3 Å². The summed E-state index contributed by atoms with van der Waals surface area (Å²) in [6.45, 7) is 2.17.